The van der Waals surface area contributed by atoms with Crippen LogP contribution in [0, 0.1) is 5.92 Å². The highest BCUT2D eigenvalue weighted by Gasteiger charge is 2.19. The number of benzene rings is 1. The lowest BCUT2D eigenvalue weighted by Crippen LogP contribution is -2.34. The molecule has 7 nitrogen and oxygen atoms in total. The molecule has 0 saturated carbocycles. The number of piperidine rings is 1. The third-order valence-electron chi connectivity index (χ3n) is 6.11. The van der Waals surface area contributed by atoms with Crippen molar-refractivity contribution < 1.29 is 4.79 Å². The van der Waals surface area contributed by atoms with Gasteiger partial charge in [-0.05, 0) is 55.2 Å². The molecule has 1 fully saturated rings. The Kier molecular flexibility index (Phi) is 6.79. The number of hydrogen-bond acceptors (Lipinski definition) is 6. The molecule has 33 heavy (non-hydrogen) atoms. The number of carbonyl (C=O) groups excluding carboxylic acids is 1. The third-order valence-corrected chi connectivity index (χ3v) is 6.39. The number of hydrogen-bond donors (Lipinski definition) is 1. The van der Waals surface area contributed by atoms with Crippen LogP contribution >= 0.6 is 11.6 Å². The van der Waals surface area contributed by atoms with E-state index in [1.54, 1.807) is 36.9 Å². The zero-order valence-electron chi connectivity index (χ0n) is 19.1. The molecule has 0 amide bonds. The van der Waals surface area contributed by atoms with E-state index < -0.39 is 0 Å². The molecule has 3 aromatic rings. The summed E-state index contributed by atoms with van der Waals surface area (Å²) in [7, 11) is 1.73. The maximum absolute atomic E-state index is 12.7. The number of aromatic nitrogens is 3. The number of fused-ring (bicyclic) bond motifs is 1. The lowest BCUT2D eigenvalue weighted by atomic mass is 10.00. The van der Waals surface area contributed by atoms with Gasteiger partial charge in [-0.25, -0.2) is 4.98 Å². The topological polar surface area (TPSA) is 80.1 Å². The first-order valence-corrected chi connectivity index (χ1v) is 11.6. The van der Waals surface area contributed by atoms with Crippen LogP contribution in [-0.2, 0) is 11.8 Å². The molecule has 0 unspecified atom stereocenters. The number of nitrogens with one attached hydrogen (secondary N) is 1. The van der Waals surface area contributed by atoms with Crippen LogP contribution in [0.4, 0.5) is 17.5 Å². The predicted octanol–water partition coefficient (Wildman–Crippen LogP) is 4.95. The molecule has 0 atom stereocenters. The lowest BCUT2D eigenvalue weighted by molar-refractivity contribution is -0.114. The number of ketones is 1. The Labute approximate surface area is 198 Å². The zero-order chi connectivity index (χ0) is 23.5. The molecule has 4 rings (SSSR count). The Morgan fingerprint density at radius 3 is 2.76 bits per heavy atom. The van der Waals surface area contributed by atoms with E-state index in [1.807, 2.05) is 18.2 Å². The number of aryl methyl sites for hydroxylation is 1. The number of halogens is 1. The Balaban J connectivity index is 1.64. The minimum absolute atomic E-state index is 0.0232. The van der Waals surface area contributed by atoms with Gasteiger partial charge in [-0.3, -0.25) is 9.59 Å². The maximum atomic E-state index is 12.7. The van der Waals surface area contributed by atoms with Gasteiger partial charge in [0, 0.05) is 43.2 Å². The minimum Gasteiger partial charge on any atom is -0.341 e. The van der Waals surface area contributed by atoms with Gasteiger partial charge in [-0.1, -0.05) is 25.4 Å². The van der Waals surface area contributed by atoms with E-state index in [1.165, 1.54) is 6.08 Å². The molecule has 0 aliphatic carbocycles. The van der Waals surface area contributed by atoms with Crippen LogP contribution in [0.2, 0.25) is 5.02 Å². The van der Waals surface area contributed by atoms with Gasteiger partial charge in [-0.15, -0.1) is 0 Å². The van der Waals surface area contributed by atoms with Crippen LogP contribution in [-0.4, -0.2) is 33.4 Å². The Morgan fingerprint density at radius 1 is 1.27 bits per heavy atom. The lowest BCUT2D eigenvalue weighted by Gasteiger charge is -2.30. The molecular weight excluding hydrogens is 438 g/mol. The second-order valence-electron chi connectivity index (χ2n) is 8.55. The molecule has 1 N–H and O–H groups in total. The molecule has 0 spiro atoms. The second kappa shape index (κ2) is 9.75. The van der Waals surface area contributed by atoms with Crippen LogP contribution < -0.4 is 15.8 Å². The summed E-state index contributed by atoms with van der Waals surface area (Å²) < 4.78 is 1.59. The smallest absolute Gasteiger partial charge is 0.258 e. The van der Waals surface area contributed by atoms with Crippen LogP contribution in [0.3, 0.4) is 0 Å². The summed E-state index contributed by atoms with van der Waals surface area (Å²) in [5.41, 5.74) is 1.90. The predicted molar refractivity (Wildman–Crippen MR) is 134 cm³/mol. The highest BCUT2D eigenvalue weighted by Crippen LogP contribution is 2.28. The van der Waals surface area contributed by atoms with Crippen LogP contribution in [0.5, 0.6) is 0 Å². The molecule has 1 aliphatic rings. The largest absolute Gasteiger partial charge is 0.341 e. The first kappa shape index (κ1) is 23.0. The first-order valence-electron chi connectivity index (χ1n) is 11.2. The number of nitrogens with zero attached hydrogens (tertiary/aromatic N) is 4. The highest BCUT2D eigenvalue weighted by atomic mass is 35.5. The van der Waals surface area contributed by atoms with Gasteiger partial charge in [0.15, 0.2) is 11.6 Å². The summed E-state index contributed by atoms with van der Waals surface area (Å²) in [5.74, 6) is 1.91. The van der Waals surface area contributed by atoms with E-state index in [2.05, 4.69) is 27.1 Å². The molecule has 1 saturated heterocycles. The van der Waals surface area contributed by atoms with Crippen molar-refractivity contribution in [2.45, 2.75) is 33.1 Å². The fourth-order valence-corrected chi connectivity index (χ4v) is 4.09. The van der Waals surface area contributed by atoms with Gasteiger partial charge in [-0.2, -0.15) is 4.98 Å². The fourth-order valence-electron chi connectivity index (χ4n) is 3.95. The van der Waals surface area contributed by atoms with Gasteiger partial charge in [0.25, 0.3) is 5.56 Å². The van der Waals surface area contributed by atoms with Crippen molar-refractivity contribution in [2.75, 3.05) is 23.3 Å². The SMILES string of the molecule is CCC(=O)/C=C/c1cc2cc(Nc3nc(N4CCC(C)CC4)ncc3Cl)ccc2n(C)c1=O. The van der Waals surface area contributed by atoms with Gasteiger partial charge in [0.2, 0.25) is 5.95 Å². The monoisotopic (exact) mass is 465 g/mol. The second-order valence-corrected chi connectivity index (χ2v) is 8.96. The summed E-state index contributed by atoms with van der Waals surface area (Å²) in [5, 5.41) is 4.59. The fraction of sp³-hybridized carbons (Fsp3) is 0.360. The van der Waals surface area contributed by atoms with E-state index in [9.17, 15) is 9.59 Å². The number of rotatable bonds is 6. The minimum atomic E-state index is -0.150. The molecule has 1 aromatic carbocycles. The Bertz CT molecular complexity index is 1280. The van der Waals surface area contributed by atoms with Crippen molar-refractivity contribution in [3.8, 4) is 0 Å². The average molecular weight is 466 g/mol. The Morgan fingerprint density at radius 2 is 2.03 bits per heavy atom. The van der Waals surface area contributed by atoms with Crippen molar-refractivity contribution in [3.63, 3.8) is 0 Å². The van der Waals surface area contributed by atoms with E-state index in [0.717, 1.165) is 48.4 Å². The number of carbonyl (C=O) groups is 1. The van der Waals surface area contributed by atoms with E-state index >= 15 is 0 Å². The standard InChI is InChI=1S/C25H28ClN5O2/c1-4-20(32)7-5-17-13-18-14-19(6-8-22(18)30(3)24(17)33)28-23-21(26)15-27-25(29-23)31-11-9-16(2)10-12-31/h5-8,13-16H,4,9-12H2,1-3H3,(H,27,28,29)/b7-5+. The van der Waals surface area contributed by atoms with Crippen LogP contribution in [0.25, 0.3) is 17.0 Å². The average Bonchev–Trinajstić information content (AvgIpc) is 2.82. The van der Waals surface area contributed by atoms with Gasteiger partial charge in [0.1, 0.15) is 5.02 Å². The number of anilines is 3. The van der Waals surface area contributed by atoms with E-state index in [0.29, 0.717) is 28.8 Å². The van der Waals surface area contributed by atoms with Crippen molar-refractivity contribution >= 4 is 51.8 Å². The van der Waals surface area contributed by atoms with Crippen molar-refractivity contribution in [3.05, 3.63) is 57.5 Å². The van der Waals surface area contributed by atoms with E-state index in [-0.39, 0.29) is 11.3 Å². The van der Waals surface area contributed by atoms with Crippen LogP contribution in [0.15, 0.2) is 41.3 Å². The first-order chi connectivity index (χ1) is 15.9. The highest BCUT2D eigenvalue weighted by molar-refractivity contribution is 6.32. The quantitative estimate of drug-likeness (QED) is 0.518. The number of pyridine rings is 1. The molecule has 0 bridgehead atoms. The summed E-state index contributed by atoms with van der Waals surface area (Å²) in [6.45, 7) is 5.93. The molecular formula is C25H28ClN5O2. The molecule has 8 heteroatoms. The number of allylic oxidation sites excluding steroid dienone is 1. The normalized spacial score (nSPS) is 14.8. The molecule has 3 heterocycles. The summed E-state index contributed by atoms with van der Waals surface area (Å²) in [6.07, 6.45) is 7.31. The molecule has 1 aliphatic heterocycles. The molecule has 2 aromatic heterocycles. The van der Waals surface area contributed by atoms with Crippen molar-refractivity contribution in [1.82, 2.24) is 14.5 Å². The summed E-state index contributed by atoms with van der Waals surface area (Å²) >= 11 is 6.39. The summed E-state index contributed by atoms with van der Waals surface area (Å²) in [4.78, 5) is 35.6. The van der Waals surface area contributed by atoms with Gasteiger partial charge < -0.3 is 14.8 Å². The molecule has 172 valence electrons. The Hall–Kier alpha value is -3.19. The van der Waals surface area contributed by atoms with Gasteiger partial charge >= 0.3 is 0 Å². The maximum Gasteiger partial charge on any atom is 0.258 e. The van der Waals surface area contributed by atoms with E-state index in [4.69, 9.17) is 11.6 Å². The van der Waals surface area contributed by atoms with Crippen LogP contribution in [0.1, 0.15) is 38.7 Å². The zero-order valence-corrected chi connectivity index (χ0v) is 19.9. The third kappa shape index (κ3) is 5.09. The van der Waals surface area contributed by atoms with Crippen molar-refractivity contribution in [1.29, 1.82) is 0 Å². The summed E-state index contributed by atoms with van der Waals surface area (Å²) in [6, 6.07) is 7.50. The van der Waals surface area contributed by atoms with Gasteiger partial charge in [0.05, 0.1) is 11.7 Å². The van der Waals surface area contributed by atoms with Crippen molar-refractivity contribution in [2.24, 2.45) is 13.0 Å². The molecule has 0 radical (unpaired) electrons.